The molecule has 29 heavy (non-hydrogen) atoms. The summed E-state index contributed by atoms with van der Waals surface area (Å²) in [6.07, 6.45) is 0. The molecular formula is H4HfO24Si4. The summed E-state index contributed by atoms with van der Waals surface area (Å²) in [5.74, 6) is 0. The molecule has 4 saturated heterocycles. The van der Waals surface area contributed by atoms with Crippen LogP contribution in [-0.2, 0) is 101 Å². The molecule has 4 aliphatic rings. The van der Waals surface area contributed by atoms with Gasteiger partial charge in [0.25, 0.3) is 0 Å². The molecule has 0 aromatic rings. The minimum atomic E-state index is -3.89. The van der Waals surface area contributed by atoms with Gasteiger partial charge in [-0.1, -0.05) is 20.2 Å². The molecule has 0 atom stereocenters. The maximum Gasteiger partial charge on any atom is 4.00 e. The van der Waals surface area contributed by atoms with Gasteiger partial charge in [0, 0.05) is 0 Å². The van der Waals surface area contributed by atoms with Crippen molar-refractivity contribution in [3.8, 4) is 0 Å². The van der Waals surface area contributed by atoms with E-state index in [4.69, 9.17) is 21.0 Å². The first-order valence-electron chi connectivity index (χ1n) is 5.33. The van der Waals surface area contributed by atoms with Crippen molar-refractivity contribution in [3.63, 3.8) is 0 Å². The van der Waals surface area contributed by atoms with Crippen LogP contribution < -0.4 is 19.2 Å². The molecular weight excluding hydrogens is 675 g/mol. The standard InChI is InChI=1S/Hf.4HO6Si/c;4*1-3-7(2)5-4-6-7/h;4*1H/q+4;4*-1. The SMILES string of the molecule is [Hf+4].[O-][Si]1(OO)OOO1.[O-][Si]1(OO)OOO1.[O-][Si]1(OO)OOO1.[O-][Si]1(OO)OOO1. The minimum absolute atomic E-state index is 0. The summed E-state index contributed by atoms with van der Waals surface area (Å²) >= 11 is 0. The molecule has 0 aromatic heterocycles. The van der Waals surface area contributed by atoms with Gasteiger partial charge in [-0.3, -0.25) is 21.0 Å². The Labute approximate surface area is 177 Å². The zero-order valence-electron chi connectivity index (χ0n) is 12.5. The van der Waals surface area contributed by atoms with Gasteiger partial charge in [-0.15, -0.1) is 0 Å². The summed E-state index contributed by atoms with van der Waals surface area (Å²) in [6.45, 7) is 0. The summed E-state index contributed by atoms with van der Waals surface area (Å²) < 4.78 is 42.0. The van der Waals surface area contributed by atoms with Gasteiger partial charge >= 0.3 is 62.0 Å². The summed E-state index contributed by atoms with van der Waals surface area (Å²) in [4.78, 5) is 40.1. The van der Waals surface area contributed by atoms with Crippen molar-refractivity contribution < 1.29 is 141 Å². The maximum absolute atomic E-state index is 10.0. The van der Waals surface area contributed by atoms with E-state index in [0.717, 1.165) is 0 Å². The van der Waals surface area contributed by atoms with E-state index in [1.54, 1.807) is 0 Å². The predicted octanol–water partition coefficient (Wildman–Crippen LogP) is -7.34. The van der Waals surface area contributed by atoms with Crippen molar-refractivity contribution in [1.82, 2.24) is 0 Å². The molecule has 24 nitrogen and oxygen atoms in total. The Kier molecular flexibility index (Phi) is 13.7. The second-order valence-electron chi connectivity index (χ2n) is 3.30. The van der Waals surface area contributed by atoms with Gasteiger partial charge in [0.1, 0.15) is 0 Å². The van der Waals surface area contributed by atoms with E-state index in [1.165, 1.54) is 0 Å². The Hall–Kier alpha value is 0.778. The van der Waals surface area contributed by atoms with Crippen LogP contribution in [0.25, 0.3) is 0 Å². The summed E-state index contributed by atoms with van der Waals surface area (Å²) in [5.41, 5.74) is 0. The molecule has 0 unspecified atom stereocenters. The zero-order chi connectivity index (χ0) is 21.3. The quantitative estimate of drug-likeness (QED) is 0.122. The third-order valence-corrected chi connectivity index (χ3v) is 4.61. The van der Waals surface area contributed by atoms with Crippen molar-refractivity contribution in [2.24, 2.45) is 0 Å². The van der Waals surface area contributed by atoms with Crippen LogP contribution in [0.4, 0.5) is 0 Å². The molecule has 0 aliphatic carbocycles. The van der Waals surface area contributed by atoms with Crippen LogP contribution in [0.2, 0.25) is 0 Å². The normalized spacial score (nSPS) is 25.7. The fourth-order valence-corrected chi connectivity index (χ4v) is 1.44. The van der Waals surface area contributed by atoms with Gasteiger partial charge in [0.05, 0.1) is 0 Å². The van der Waals surface area contributed by atoms with Gasteiger partial charge in [-0.2, -0.15) is 0 Å². The van der Waals surface area contributed by atoms with E-state index in [1.807, 2.05) is 0 Å². The minimum Gasteiger partial charge on any atom is -0.789 e. The monoisotopic (exact) mass is 680 g/mol. The fourth-order valence-electron chi connectivity index (χ4n) is 0.480. The molecule has 0 bridgehead atoms. The third kappa shape index (κ3) is 10.3. The van der Waals surface area contributed by atoms with Crippen molar-refractivity contribution in [3.05, 3.63) is 0 Å². The zero-order valence-corrected chi connectivity index (χ0v) is 20.0. The Morgan fingerprint density at radius 3 is 0.552 bits per heavy atom. The van der Waals surface area contributed by atoms with E-state index in [-0.39, 0.29) is 25.8 Å². The topological polar surface area (TPSA) is 321 Å². The number of hydrogen-bond donors (Lipinski definition) is 4. The second kappa shape index (κ2) is 13.4. The van der Waals surface area contributed by atoms with Crippen molar-refractivity contribution in [1.29, 1.82) is 0 Å². The smallest absolute Gasteiger partial charge is 0.789 e. The van der Waals surface area contributed by atoms with Gasteiger partial charge in [-0.05, 0) is 0 Å². The molecule has 4 rings (SSSR count). The van der Waals surface area contributed by atoms with Crippen molar-refractivity contribution in [2.45, 2.75) is 0 Å². The van der Waals surface area contributed by atoms with Crippen LogP contribution in [0.1, 0.15) is 0 Å². The second-order valence-corrected chi connectivity index (χ2v) is 9.37. The Balaban J connectivity index is 0.000000356. The molecule has 4 N–H and O–H groups in total. The Bertz CT molecular complexity index is 323. The molecule has 0 spiro atoms. The van der Waals surface area contributed by atoms with Gasteiger partial charge in [-0.25, -0.2) is 54.9 Å². The molecule has 4 fully saturated rings. The molecule has 0 aromatic carbocycles. The van der Waals surface area contributed by atoms with Crippen LogP contribution in [-0.4, -0.2) is 57.2 Å². The largest absolute Gasteiger partial charge is 4.00 e. The van der Waals surface area contributed by atoms with Crippen LogP contribution in [0.15, 0.2) is 0 Å². The molecule has 4 heterocycles. The average Bonchev–Trinajstić information content (AvgIpc) is 2.61. The van der Waals surface area contributed by atoms with E-state index in [9.17, 15) is 19.2 Å². The molecule has 29 heteroatoms. The average molecular weight is 679 g/mol. The Morgan fingerprint density at radius 2 is 0.552 bits per heavy atom. The first-order valence-corrected chi connectivity index (χ1v) is 11.9. The maximum atomic E-state index is 10.0. The van der Waals surface area contributed by atoms with E-state index in [0.29, 0.717) is 0 Å². The third-order valence-electron chi connectivity index (χ3n) is 1.54. The number of hydrogen-bond acceptors (Lipinski definition) is 24. The summed E-state index contributed by atoms with van der Waals surface area (Å²) in [6, 6.07) is 0. The summed E-state index contributed by atoms with van der Waals surface area (Å²) in [5, 5.41) is 44.2. The molecule has 0 radical (unpaired) electrons. The van der Waals surface area contributed by atoms with Crippen molar-refractivity contribution >= 4 is 36.2 Å². The van der Waals surface area contributed by atoms with Gasteiger partial charge < -0.3 is 19.2 Å². The van der Waals surface area contributed by atoms with Crippen molar-refractivity contribution in [2.75, 3.05) is 0 Å². The first-order chi connectivity index (χ1) is 13.1. The van der Waals surface area contributed by atoms with Crippen LogP contribution in [0.3, 0.4) is 0 Å². The predicted molar refractivity (Wildman–Crippen MR) is 50.9 cm³/mol. The molecule has 4 aliphatic heterocycles. The first kappa shape index (κ1) is 29.8. The molecule has 0 saturated carbocycles. The van der Waals surface area contributed by atoms with Gasteiger partial charge in [0.15, 0.2) is 0 Å². The number of rotatable bonds is 4. The van der Waals surface area contributed by atoms with Crippen LogP contribution in [0.5, 0.6) is 0 Å². The van der Waals surface area contributed by atoms with Gasteiger partial charge in [0.2, 0.25) is 0 Å². The molecule has 168 valence electrons. The van der Waals surface area contributed by atoms with E-state index < -0.39 is 36.2 Å². The molecule has 0 amide bonds. The van der Waals surface area contributed by atoms with Crippen LogP contribution in [0, 0.1) is 0 Å². The van der Waals surface area contributed by atoms with E-state index in [2.05, 4.69) is 75.1 Å². The Morgan fingerprint density at radius 1 is 0.414 bits per heavy atom. The van der Waals surface area contributed by atoms with E-state index >= 15 is 0 Å². The fraction of sp³-hybridized carbons (Fsp3) is 0. The van der Waals surface area contributed by atoms with Crippen LogP contribution >= 0.6 is 0 Å². The summed E-state index contributed by atoms with van der Waals surface area (Å²) in [7, 11) is -15.5.